The number of rotatable bonds is 11. The van der Waals surface area contributed by atoms with Crippen LogP contribution < -0.4 is 0 Å². The molecule has 0 aliphatic carbocycles. The SMILES string of the molecule is Cc1ccc(CN(CCc2ccccc2)C(=O)CN(CCN2CCOCC2)C(=O)c2cccc(Br)c2)o1. The van der Waals surface area contributed by atoms with Crippen molar-refractivity contribution in [3.8, 4) is 0 Å². The zero-order chi connectivity index (χ0) is 26.0. The number of hydrogen-bond donors (Lipinski definition) is 0. The zero-order valence-corrected chi connectivity index (χ0v) is 22.9. The van der Waals surface area contributed by atoms with Crippen LogP contribution in [0.4, 0.5) is 0 Å². The summed E-state index contributed by atoms with van der Waals surface area (Å²) in [6.07, 6.45) is 0.722. The highest BCUT2D eigenvalue weighted by molar-refractivity contribution is 9.10. The summed E-state index contributed by atoms with van der Waals surface area (Å²) < 4.78 is 12.1. The molecule has 1 aliphatic rings. The Morgan fingerprint density at radius 1 is 0.946 bits per heavy atom. The Morgan fingerprint density at radius 3 is 2.43 bits per heavy atom. The van der Waals surface area contributed by atoms with E-state index >= 15 is 0 Å². The van der Waals surface area contributed by atoms with Crippen LogP contribution in [0.25, 0.3) is 0 Å². The Bertz CT molecular complexity index is 1160. The minimum absolute atomic E-state index is 0.00413. The van der Waals surface area contributed by atoms with Crippen molar-refractivity contribution in [1.82, 2.24) is 14.7 Å². The summed E-state index contributed by atoms with van der Waals surface area (Å²) in [7, 11) is 0. The van der Waals surface area contributed by atoms with Crippen molar-refractivity contribution in [2.24, 2.45) is 0 Å². The summed E-state index contributed by atoms with van der Waals surface area (Å²) in [5.74, 6) is 1.29. The van der Waals surface area contributed by atoms with Gasteiger partial charge in [-0.25, -0.2) is 0 Å². The lowest BCUT2D eigenvalue weighted by Gasteiger charge is -2.31. The van der Waals surface area contributed by atoms with Crippen LogP contribution in [-0.2, 0) is 22.5 Å². The highest BCUT2D eigenvalue weighted by Gasteiger charge is 2.24. The second-order valence-electron chi connectivity index (χ2n) is 9.25. The van der Waals surface area contributed by atoms with Crippen LogP contribution in [0, 0.1) is 6.92 Å². The van der Waals surface area contributed by atoms with Gasteiger partial charge in [-0.3, -0.25) is 14.5 Å². The molecule has 7 nitrogen and oxygen atoms in total. The molecule has 8 heteroatoms. The standard InChI is InChI=1S/C29H34BrN3O4/c1-23-10-11-27(37-23)21-32(13-12-24-6-3-2-4-7-24)28(34)22-33(15-14-31-16-18-36-19-17-31)29(35)25-8-5-9-26(30)20-25/h2-11,20H,12-19,21-22H2,1H3. The monoisotopic (exact) mass is 567 g/mol. The third kappa shape index (κ3) is 8.28. The molecule has 2 heterocycles. The summed E-state index contributed by atoms with van der Waals surface area (Å²) in [5.41, 5.74) is 1.71. The van der Waals surface area contributed by atoms with Gasteiger partial charge >= 0.3 is 0 Å². The van der Waals surface area contributed by atoms with Crippen molar-refractivity contribution < 1.29 is 18.7 Å². The maximum Gasteiger partial charge on any atom is 0.254 e. The molecule has 1 aliphatic heterocycles. The molecule has 0 radical (unpaired) electrons. The number of benzene rings is 2. The molecular formula is C29H34BrN3O4. The van der Waals surface area contributed by atoms with Crippen LogP contribution in [0.1, 0.15) is 27.4 Å². The molecule has 4 rings (SSSR count). The van der Waals surface area contributed by atoms with Crippen molar-refractivity contribution in [3.63, 3.8) is 0 Å². The number of hydrogen-bond acceptors (Lipinski definition) is 5. The molecule has 0 N–H and O–H groups in total. The Kier molecular flexibility index (Phi) is 9.93. The molecular weight excluding hydrogens is 534 g/mol. The second-order valence-corrected chi connectivity index (χ2v) is 10.2. The molecule has 0 unspecified atom stereocenters. The van der Waals surface area contributed by atoms with Gasteiger partial charge in [0.15, 0.2) is 0 Å². The smallest absolute Gasteiger partial charge is 0.254 e. The molecule has 0 bridgehead atoms. The number of ether oxygens (including phenoxy) is 1. The highest BCUT2D eigenvalue weighted by atomic mass is 79.9. The third-order valence-corrected chi connectivity index (χ3v) is 6.98. The van der Waals surface area contributed by atoms with Crippen molar-refractivity contribution in [2.45, 2.75) is 19.9 Å². The number of carbonyl (C=O) groups excluding carboxylic acids is 2. The number of halogens is 1. The quantitative estimate of drug-likeness (QED) is 0.343. The Hall–Kier alpha value is -2.94. The molecule has 37 heavy (non-hydrogen) atoms. The molecule has 196 valence electrons. The van der Waals surface area contributed by atoms with E-state index in [0.29, 0.717) is 45.0 Å². The molecule has 2 aromatic carbocycles. The van der Waals surface area contributed by atoms with Crippen LogP contribution in [0.15, 0.2) is 75.6 Å². The van der Waals surface area contributed by atoms with E-state index in [1.807, 2.05) is 49.4 Å². The van der Waals surface area contributed by atoms with Gasteiger partial charge in [0.05, 0.1) is 19.8 Å². The van der Waals surface area contributed by atoms with Gasteiger partial charge in [-0.2, -0.15) is 0 Å². The number of carbonyl (C=O) groups is 2. The van der Waals surface area contributed by atoms with E-state index in [2.05, 4.69) is 33.0 Å². The second kappa shape index (κ2) is 13.6. The van der Waals surface area contributed by atoms with Gasteiger partial charge in [-0.1, -0.05) is 52.3 Å². The van der Waals surface area contributed by atoms with Crippen LogP contribution >= 0.6 is 15.9 Å². The molecule has 2 amide bonds. The van der Waals surface area contributed by atoms with Crippen molar-refractivity contribution in [1.29, 1.82) is 0 Å². The van der Waals surface area contributed by atoms with Gasteiger partial charge in [0, 0.05) is 42.8 Å². The van der Waals surface area contributed by atoms with E-state index in [-0.39, 0.29) is 18.4 Å². The van der Waals surface area contributed by atoms with E-state index in [4.69, 9.17) is 9.15 Å². The fourth-order valence-electron chi connectivity index (χ4n) is 4.37. The lowest BCUT2D eigenvalue weighted by atomic mass is 10.1. The molecule has 1 fully saturated rings. The first-order valence-electron chi connectivity index (χ1n) is 12.7. The maximum absolute atomic E-state index is 13.7. The predicted molar refractivity (Wildman–Crippen MR) is 146 cm³/mol. The number of amides is 2. The number of nitrogens with zero attached hydrogens (tertiary/aromatic N) is 3. The zero-order valence-electron chi connectivity index (χ0n) is 21.3. The Balaban J connectivity index is 1.50. The Morgan fingerprint density at radius 2 is 1.73 bits per heavy atom. The summed E-state index contributed by atoms with van der Waals surface area (Å²) in [6.45, 7) is 6.98. The minimum atomic E-state index is -0.153. The van der Waals surface area contributed by atoms with E-state index in [9.17, 15) is 9.59 Å². The minimum Gasteiger partial charge on any atom is -0.464 e. The first-order valence-corrected chi connectivity index (χ1v) is 13.5. The summed E-state index contributed by atoms with van der Waals surface area (Å²) in [5, 5.41) is 0. The summed E-state index contributed by atoms with van der Waals surface area (Å²) in [6, 6.07) is 21.2. The fourth-order valence-corrected chi connectivity index (χ4v) is 4.76. The molecule has 1 saturated heterocycles. The lowest BCUT2D eigenvalue weighted by Crippen LogP contribution is -2.47. The van der Waals surface area contributed by atoms with E-state index < -0.39 is 0 Å². The van der Waals surface area contributed by atoms with E-state index in [0.717, 1.165) is 41.1 Å². The number of furan rings is 1. The van der Waals surface area contributed by atoms with Gasteiger partial charge in [-0.15, -0.1) is 0 Å². The first-order chi connectivity index (χ1) is 18.0. The topological polar surface area (TPSA) is 66.2 Å². The van der Waals surface area contributed by atoms with Crippen LogP contribution in [0.5, 0.6) is 0 Å². The summed E-state index contributed by atoms with van der Waals surface area (Å²) in [4.78, 5) is 33.0. The molecule has 3 aromatic rings. The lowest BCUT2D eigenvalue weighted by molar-refractivity contribution is -0.132. The van der Waals surface area contributed by atoms with Gasteiger partial charge in [-0.05, 0) is 49.2 Å². The van der Waals surface area contributed by atoms with E-state index in [1.165, 1.54) is 0 Å². The van der Waals surface area contributed by atoms with Gasteiger partial charge in [0.2, 0.25) is 5.91 Å². The number of aryl methyl sites for hydroxylation is 1. The van der Waals surface area contributed by atoms with Crippen LogP contribution in [0.2, 0.25) is 0 Å². The van der Waals surface area contributed by atoms with Crippen LogP contribution in [-0.4, -0.2) is 79.0 Å². The average molecular weight is 569 g/mol. The third-order valence-electron chi connectivity index (χ3n) is 6.48. The molecule has 1 aromatic heterocycles. The summed E-state index contributed by atoms with van der Waals surface area (Å²) >= 11 is 3.46. The van der Waals surface area contributed by atoms with Crippen LogP contribution in [0.3, 0.4) is 0 Å². The predicted octanol–water partition coefficient (Wildman–Crippen LogP) is 4.40. The number of morpholine rings is 1. The van der Waals surface area contributed by atoms with Crippen molar-refractivity contribution >= 4 is 27.7 Å². The maximum atomic E-state index is 13.7. The average Bonchev–Trinajstić information content (AvgIpc) is 3.34. The molecule has 0 spiro atoms. The highest BCUT2D eigenvalue weighted by Crippen LogP contribution is 2.16. The van der Waals surface area contributed by atoms with Gasteiger partial charge < -0.3 is 19.0 Å². The molecule has 0 atom stereocenters. The van der Waals surface area contributed by atoms with Crippen molar-refractivity contribution in [2.75, 3.05) is 52.5 Å². The molecule has 0 saturated carbocycles. The van der Waals surface area contributed by atoms with E-state index in [1.54, 1.807) is 21.9 Å². The van der Waals surface area contributed by atoms with Gasteiger partial charge in [0.1, 0.15) is 18.1 Å². The Labute approximate surface area is 227 Å². The largest absolute Gasteiger partial charge is 0.464 e. The normalized spacial score (nSPS) is 13.9. The van der Waals surface area contributed by atoms with Gasteiger partial charge in [0.25, 0.3) is 5.91 Å². The fraction of sp³-hybridized carbons (Fsp3) is 0.379. The first kappa shape index (κ1) is 27.1. The van der Waals surface area contributed by atoms with Crippen molar-refractivity contribution in [3.05, 3.63) is 93.9 Å².